The Morgan fingerprint density at radius 3 is 2.21 bits per heavy atom. The molecule has 4 nitrogen and oxygen atoms in total. The average molecular weight is 285 g/mol. The summed E-state index contributed by atoms with van der Waals surface area (Å²) in [6.45, 7) is 4.07. The molecule has 0 spiro atoms. The van der Waals surface area contributed by atoms with E-state index in [0.717, 1.165) is 4.90 Å². The van der Waals surface area contributed by atoms with Gasteiger partial charge in [0.25, 0.3) is 5.91 Å². The molecule has 0 saturated carbocycles. The smallest absolute Gasteiger partial charge is 0.335 e. The fourth-order valence-electron chi connectivity index (χ4n) is 1.95. The van der Waals surface area contributed by atoms with Gasteiger partial charge in [-0.15, -0.1) is 0 Å². The highest BCUT2D eigenvalue weighted by Gasteiger charge is 2.51. The van der Waals surface area contributed by atoms with Gasteiger partial charge in [-0.2, -0.15) is 8.78 Å². The van der Waals surface area contributed by atoms with Crippen LogP contribution in [0.3, 0.4) is 0 Å². The van der Waals surface area contributed by atoms with Crippen LogP contribution in [0.5, 0.6) is 0 Å². The monoisotopic (exact) mass is 285 g/mol. The minimum absolute atomic E-state index is 0.0401. The molecule has 1 fully saturated rings. The molecule has 1 aliphatic rings. The molecule has 0 aromatic heterocycles. The van der Waals surface area contributed by atoms with Gasteiger partial charge in [0.2, 0.25) is 0 Å². The number of amides is 1. The molecule has 0 aromatic rings. The summed E-state index contributed by atoms with van der Waals surface area (Å²) in [4.78, 5) is 14.1. The lowest BCUT2D eigenvalue weighted by atomic mass is 10.1. The number of piperazine rings is 1. The van der Waals surface area contributed by atoms with E-state index in [9.17, 15) is 22.4 Å². The van der Waals surface area contributed by atoms with Crippen LogP contribution in [0.25, 0.3) is 0 Å². The van der Waals surface area contributed by atoms with Gasteiger partial charge in [-0.3, -0.25) is 9.69 Å². The van der Waals surface area contributed by atoms with Crippen LogP contribution in [0.1, 0.15) is 6.92 Å². The molecule has 1 amide bonds. The van der Waals surface area contributed by atoms with Gasteiger partial charge in [0.05, 0.1) is 0 Å². The van der Waals surface area contributed by atoms with Crippen molar-refractivity contribution in [2.45, 2.75) is 19.3 Å². The number of nitrogens with zero attached hydrogens (tertiary/aromatic N) is 2. The Hall–Kier alpha value is -0.890. The zero-order chi connectivity index (χ0) is 14.6. The lowest BCUT2D eigenvalue weighted by Gasteiger charge is -2.36. The third kappa shape index (κ3) is 4.04. The Balaban J connectivity index is 2.48. The summed E-state index contributed by atoms with van der Waals surface area (Å²) < 4.78 is 50.0. The van der Waals surface area contributed by atoms with E-state index >= 15 is 0 Å². The van der Waals surface area contributed by atoms with Gasteiger partial charge in [0, 0.05) is 32.7 Å². The maximum Gasteiger partial charge on any atom is 0.383 e. The maximum atomic E-state index is 12.9. The minimum Gasteiger partial charge on any atom is -0.335 e. The Labute approximate surface area is 109 Å². The van der Waals surface area contributed by atoms with Gasteiger partial charge in [-0.1, -0.05) is 6.92 Å². The molecule has 1 heterocycles. The standard InChI is InChI=1S/C11H19F4N3O/c1-8(6-16)7-17-2-4-18(5-3-17)10(19)11(14,15)9(12)13/h8-9H,2-7,16H2,1H3. The molecule has 1 saturated heterocycles. The van der Waals surface area contributed by atoms with E-state index < -0.39 is 18.3 Å². The number of rotatable bonds is 5. The first-order valence-corrected chi connectivity index (χ1v) is 6.16. The van der Waals surface area contributed by atoms with E-state index in [2.05, 4.69) is 0 Å². The summed E-state index contributed by atoms with van der Waals surface area (Å²) >= 11 is 0. The molecule has 2 N–H and O–H groups in total. The van der Waals surface area contributed by atoms with Crippen LogP contribution in [-0.4, -0.2) is 67.3 Å². The van der Waals surface area contributed by atoms with E-state index in [0.29, 0.717) is 26.2 Å². The summed E-state index contributed by atoms with van der Waals surface area (Å²) in [7, 11) is 0. The minimum atomic E-state index is -4.59. The highest BCUT2D eigenvalue weighted by molar-refractivity contribution is 5.84. The van der Waals surface area contributed by atoms with Gasteiger partial charge in [-0.25, -0.2) is 8.78 Å². The first-order valence-electron chi connectivity index (χ1n) is 6.16. The van der Waals surface area contributed by atoms with Gasteiger partial charge >= 0.3 is 12.3 Å². The van der Waals surface area contributed by atoms with Crippen molar-refractivity contribution in [3.8, 4) is 0 Å². The number of carbonyl (C=O) groups excluding carboxylic acids is 1. The van der Waals surface area contributed by atoms with Crippen molar-refractivity contribution in [2.75, 3.05) is 39.3 Å². The zero-order valence-electron chi connectivity index (χ0n) is 10.8. The number of nitrogens with two attached hydrogens (primary N) is 1. The largest absolute Gasteiger partial charge is 0.383 e. The lowest BCUT2D eigenvalue weighted by Crippen LogP contribution is -2.55. The highest BCUT2D eigenvalue weighted by atomic mass is 19.3. The zero-order valence-corrected chi connectivity index (χ0v) is 10.8. The second-order valence-corrected chi connectivity index (χ2v) is 4.86. The molecule has 112 valence electrons. The van der Waals surface area contributed by atoms with Crippen molar-refractivity contribution in [1.82, 2.24) is 9.80 Å². The molecule has 1 atom stereocenters. The Morgan fingerprint density at radius 2 is 1.79 bits per heavy atom. The van der Waals surface area contributed by atoms with Crippen molar-refractivity contribution < 1.29 is 22.4 Å². The fraction of sp³-hybridized carbons (Fsp3) is 0.909. The van der Waals surface area contributed by atoms with E-state index in [1.54, 1.807) is 0 Å². The first-order chi connectivity index (χ1) is 8.78. The van der Waals surface area contributed by atoms with Crippen molar-refractivity contribution in [2.24, 2.45) is 11.7 Å². The van der Waals surface area contributed by atoms with Gasteiger partial charge in [0.1, 0.15) is 0 Å². The van der Waals surface area contributed by atoms with Crippen LogP contribution in [0.15, 0.2) is 0 Å². The van der Waals surface area contributed by atoms with Gasteiger partial charge in [0.15, 0.2) is 0 Å². The second-order valence-electron chi connectivity index (χ2n) is 4.86. The van der Waals surface area contributed by atoms with Crippen LogP contribution in [0.4, 0.5) is 17.6 Å². The fourth-order valence-corrected chi connectivity index (χ4v) is 1.95. The van der Waals surface area contributed by atoms with E-state index in [1.807, 2.05) is 11.8 Å². The molecule has 0 aromatic carbocycles. The molecular formula is C11H19F4N3O. The molecule has 19 heavy (non-hydrogen) atoms. The SMILES string of the molecule is CC(CN)CN1CCN(C(=O)C(F)(F)C(F)F)CC1. The van der Waals surface area contributed by atoms with Gasteiger partial charge < -0.3 is 10.6 Å². The van der Waals surface area contributed by atoms with Crippen molar-refractivity contribution in [3.63, 3.8) is 0 Å². The van der Waals surface area contributed by atoms with Crippen LogP contribution < -0.4 is 5.73 Å². The Kier molecular flexibility index (Phi) is 5.54. The number of hydrogen-bond acceptors (Lipinski definition) is 3. The summed E-state index contributed by atoms with van der Waals surface area (Å²) in [5.74, 6) is -6.11. The number of halogens is 4. The highest BCUT2D eigenvalue weighted by Crippen LogP contribution is 2.25. The predicted molar refractivity (Wildman–Crippen MR) is 62.2 cm³/mol. The van der Waals surface area contributed by atoms with Crippen LogP contribution in [0.2, 0.25) is 0 Å². The van der Waals surface area contributed by atoms with Crippen LogP contribution in [-0.2, 0) is 4.79 Å². The molecule has 0 radical (unpaired) electrons. The number of alkyl halides is 4. The molecule has 0 aliphatic carbocycles. The van der Waals surface area contributed by atoms with Crippen molar-refractivity contribution in [3.05, 3.63) is 0 Å². The van der Waals surface area contributed by atoms with Crippen molar-refractivity contribution >= 4 is 5.91 Å². The summed E-state index contributed by atoms with van der Waals surface area (Å²) in [5, 5.41) is 0. The third-order valence-corrected chi connectivity index (χ3v) is 3.19. The molecule has 0 bridgehead atoms. The van der Waals surface area contributed by atoms with Crippen LogP contribution >= 0.6 is 0 Å². The normalized spacial score (nSPS) is 19.8. The van der Waals surface area contributed by atoms with Crippen molar-refractivity contribution in [1.29, 1.82) is 0 Å². The third-order valence-electron chi connectivity index (χ3n) is 3.19. The lowest BCUT2D eigenvalue weighted by molar-refractivity contribution is -0.182. The first kappa shape index (κ1) is 16.2. The predicted octanol–water partition coefficient (Wildman–Crippen LogP) is 0.626. The molecule has 1 rings (SSSR count). The van der Waals surface area contributed by atoms with Gasteiger partial charge in [-0.05, 0) is 12.5 Å². The van der Waals surface area contributed by atoms with Crippen LogP contribution in [0, 0.1) is 5.92 Å². The van der Waals surface area contributed by atoms with E-state index in [4.69, 9.17) is 5.73 Å². The molecule has 1 unspecified atom stereocenters. The Bertz CT molecular complexity index is 306. The topological polar surface area (TPSA) is 49.6 Å². The summed E-state index contributed by atoms with van der Waals surface area (Å²) in [6.07, 6.45) is -3.96. The molecule has 8 heteroatoms. The van der Waals surface area contributed by atoms with E-state index in [-0.39, 0.29) is 19.0 Å². The average Bonchev–Trinajstić information content (AvgIpc) is 2.38. The second kappa shape index (κ2) is 6.51. The molecular weight excluding hydrogens is 266 g/mol. The Morgan fingerprint density at radius 1 is 1.26 bits per heavy atom. The maximum absolute atomic E-state index is 12.9. The quantitative estimate of drug-likeness (QED) is 0.754. The summed E-state index contributed by atoms with van der Waals surface area (Å²) in [5.41, 5.74) is 5.48. The number of carbonyl (C=O) groups is 1. The van der Waals surface area contributed by atoms with E-state index in [1.165, 1.54) is 0 Å². The summed E-state index contributed by atoms with van der Waals surface area (Å²) in [6, 6.07) is 0. The molecule has 1 aliphatic heterocycles. The number of hydrogen-bond donors (Lipinski definition) is 1.